The zero-order chi connectivity index (χ0) is 19.2. The first-order chi connectivity index (χ1) is 13.1. The van der Waals surface area contributed by atoms with Crippen molar-refractivity contribution in [3.63, 3.8) is 0 Å². The Morgan fingerprint density at radius 1 is 1.07 bits per heavy atom. The van der Waals surface area contributed by atoms with Crippen LogP contribution in [0.5, 0.6) is 5.75 Å². The Morgan fingerprint density at radius 2 is 1.81 bits per heavy atom. The van der Waals surface area contributed by atoms with E-state index in [0.29, 0.717) is 0 Å². The normalized spacial score (nSPS) is 12.9. The van der Waals surface area contributed by atoms with Crippen molar-refractivity contribution in [1.82, 2.24) is 20.2 Å². The number of aryl methyl sites for hydroxylation is 1. The van der Waals surface area contributed by atoms with E-state index in [0.717, 1.165) is 22.7 Å². The van der Waals surface area contributed by atoms with Crippen molar-refractivity contribution in [2.75, 3.05) is 7.11 Å². The van der Waals surface area contributed by atoms with Crippen molar-refractivity contribution in [3.8, 4) is 5.75 Å². The Labute approximate surface area is 159 Å². The van der Waals surface area contributed by atoms with Gasteiger partial charge in [-0.15, -0.1) is 0 Å². The molecular formula is C21H24N4O2. The van der Waals surface area contributed by atoms with Gasteiger partial charge in [0.25, 0.3) is 0 Å². The van der Waals surface area contributed by atoms with Gasteiger partial charge < -0.3 is 19.9 Å². The predicted octanol–water partition coefficient (Wildman–Crippen LogP) is 3.58. The molecule has 6 heteroatoms. The van der Waals surface area contributed by atoms with E-state index in [2.05, 4.69) is 15.6 Å². The molecule has 1 aromatic heterocycles. The first-order valence-corrected chi connectivity index (χ1v) is 8.81. The van der Waals surface area contributed by atoms with Crippen LogP contribution in [0.1, 0.15) is 36.0 Å². The standard InChI is InChI=1S/C21H24N4O2/c1-15(16-8-5-4-6-9-16)23-21(26)24-19(20-22-12-13-25(20)2)17-10-7-11-18(14-17)27-3/h4-15,19H,1-3H3,(H2,23,24,26)/t15-,19-/m0/s1. The molecule has 2 aromatic carbocycles. The Balaban J connectivity index is 1.81. The van der Waals surface area contributed by atoms with Gasteiger partial charge in [-0.2, -0.15) is 0 Å². The van der Waals surface area contributed by atoms with Gasteiger partial charge in [0.15, 0.2) is 0 Å². The van der Waals surface area contributed by atoms with E-state index in [9.17, 15) is 4.79 Å². The summed E-state index contributed by atoms with van der Waals surface area (Å²) in [5, 5.41) is 6.03. The summed E-state index contributed by atoms with van der Waals surface area (Å²) in [6.45, 7) is 1.95. The Morgan fingerprint density at radius 3 is 2.48 bits per heavy atom. The van der Waals surface area contributed by atoms with Crippen molar-refractivity contribution >= 4 is 6.03 Å². The quantitative estimate of drug-likeness (QED) is 0.702. The van der Waals surface area contributed by atoms with E-state index in [1.54, 1.807) is 13.3 Å². The van der Waals surface area contributed by atoms with Crippen molar-refractivity contribution in [2.45, 2.75) is 19.0 Å². The second-order valence-corrected chi connectivity index (χ2v) is 6.36. The van der Waals surface area contributed by atoms with Crippen LogP contribution in [0.15, 0.2) is 67.0 Å². The van der Waals surface area contributed by atoms with Crippen molar-refractivity contribution in [1.29, 1.82) is 0 Å². The number of ether oxygens (including phenoxy) is 1. The fourth-order valence-corrected chi connectivity index (χ4v) is 2.97. The highest BCUT2D eigenvalue weighted by Gasteiger charge is 2.22. The van der Waals surface area contributed by atoms with Crippen molar-refractivity contribution < 1.29 is 9.53 Å². The van der Waals surface area contributed by atoms with Gasteiger partial charge in [0.1, 0.15) is 17.6 Å². The van der Waals surface area contributed by atoms with Crippen LogP contribution in [0.2, 0.25) is 0 Å². The van der Waals surface area contributed by atoms with Gasteiger partial charge in [-0.05, 0) is 30.2 Å². The fourth-order valence-electron chi connectivity index (χ4n) is 2.97. The molecule has 6 nitrogen and oxygen atoms in total. The molecule has 27 heavy (non-hydrogen) atoms. The molecule has 2 amide bonds. The van der Waals surface area contributed by atoms with Crippen LogP contribution in [0.4, 0.5) is 4.79 Å². The van der Waals surface area contributed by atoms with Gasteiger partial charge in [-0.1, -0.05) is 42.5 Å². The van der Waals surface area contributed by atoms with Crippen LogP contribution in [0.25, 0.3) is 0 Å². The molecule has 140 valence electrons. The Hall–Kier alpha value is -3.28. The van der Waals surface area contributed by atoms with Gasteiger partial charge in [0.2, 0.25) is 0 Å². The second-order valence-electron chi connectivity index (χ2n) is 6.36. The highest BCUT2D eigenvalue weighted by Crippen LogP contribution is 2.24. The number of benzene rings is 2. The minimum absolute atomic E-state index is 0.112. The van der Waals surface area contributed by atoms with Crippen LogP contribution in [0.3, 0.4) is 0 Å². The molecule has 0 saturated heterocycles. The summed E-state index contributed by atoms with van der Waals surface area (Å²) in [6.07, 6.45) is 3.57. The van der Waals surface area contributed by atoms with Crippen LogP contribution in [-0.2, 0) is 7.05 Å². The Bertz CT molecular complexity index is 892. The molecular weight excluding hydrogens is 340 g/mol. The molecule has 0 saturated carbocycles. The maximum absolute atomic E-state index is 12.7. The van der Waals surface area contributed by atoms with E-state index in [1.165, 1.54) is 0 Å². The average Bonchev–Trinajstić information content (AvgIpc) is 3.12. The summed E-state index contributed by atoms with van der Waals surface area (Å²) in [7, 11) is 3.53. The number of hydrogen-bond donors (Lipinski definition) is 2. The molecule has 0 aliphatic rings. The highest BCUT2D eigenvalue weighted by molar-refractivity contribution is 5.75. The summed E-state index contributed by atoms with van der Waals surface area (Å²) in [5.41, 5.74) is 1.94. The number of methoxy groups -OCH3 is 1. The molecule has 3 aromatic rings. The largest absolute Gasteiger partial charge is 0.497 e. The number of nitrogens with zero attached hydrogens (tertiary/aromatic N) is 2. The second kappa shape index (κ2) is 8.40. The SMILES string of the molecule is COc1cccc([C@H](NC(=O)N[C@@H](C)c2ccccc2)c2nccn2C)c1. The van der Waals surface area contributed by atoms with E-state index in [1.807, 2.05) is 79.3 Å². The molecule has 3 rings (SSSR count). The fraction of sp³-hybridized carbons (Fsp3) is 0.238. The lowest BCUT2D eigenvalue weighted by Gasteiger charge is -2.22. The number of hydrogen-bond acceptors (Lipinski definition) is 3. The minimum atomic E-state index is -0.400. The van der Waals surface area contributed by atoms with Crippen molar-refractivity contribution in [3.05, 3.63) is 83.9 Å². The molecule has 2 atom stereocenters. The average molecular weight is 364 g/mol. The van der Waals surface area contributed by atoms with E-state index >= 15 is 0 Å². The lowest BCUT2D eigenvalue weighted by Crippen LogP contribution is -2.40. The molecule has 1 heterocycles. The zero-order valence-electron chi connectivity index (χ0n) is 15.7. The molecule has 0 bridgehead atoms. The lowest BCUT2D eigenvalue weighted by molar-refractivity contribution is 0.235. The maximum Gasteiger partial charge on any atom is 0.316 e. The topological polar surface area (TPSA) is 68.2 Å². The van der Waals surface area contributed by atoms with Crippen LogP contribution in [-0.4, -0.2) is 22.7 Å². The molecule has 0 fully saturated rings. The summed E-state index contributed by atoms with van der Waals surface area (Å²) in [6, 6.07) is 16.7. The van der Waals surface area contributed by atoms with Gasteiger partial charge in [-0.25, -0.2) is 9.78 Å². The van der Waals surface area contributed by atoms with E-state index in [4.69, 9.17) is 4.74 Å². The van der Waals surface area contributed by atoms with Crippen LogP contribution < -0.4 is 15.4 Å². The summed E-state index contributed by atoms with van der Waals surface area (Å²) < 4.78 is 7.22. The van der Waals surface area contributed by atoms with Gasteiger partial charge in [-0.3, -0.25) is 0 Å². The summed E-state index contributed by atoms with van der Waals surface area (Å²) in [5.74, 6) is 1.47. The zero-order valence-corrected chi connectivity index (χ0v) is 15.7. The number of imidazole rings is 1. The summed E-state index contributed by atoms with van der Waals surface area (Å²) >= 11 is 0. The molecule has 0 unspecified atom stereocenters. The predicted molar refractivity (Wildman–Crippen MR) is 105 cm³/mol. The number of rotatable bonds is 6. The monoisotopic (exact) mass is 364 g/mol. The van der Waals surface area contributed by atoms with E-state index in [-0.39, 0.29) is 12.1 Å². The molecule has 0 aliphatic carbocycles. The minimum Gasteiger partial charge on any atom is -0.497 e. The van der Waals surface area contributed by atoms with Crippen molar-refractivity contribution in [2.24, 2.45) is 7.05 Å². The number of carbonyl (C=O) groups is 1. The summed E-state index contributed by atoms with van der Waals surface area (Å²) in [4.78, 5) is 17.1. The molecule has 0 aliphatic heterocycles. The van der Waals surface area contributed by atoms with Gasteiger partial charge in [0, 0.05) is 19.4 Å². The lowest BCUT2D eigenvalue weighted by atomic mass is 10.1. The molecule has 0 radical (unpaired) electrons. The first kappa shape index (κ1) is 18.5. The maximum atomic E-state index is 12.7. The number of nitrogens with one attached hydrogen (secondary N) is 2. The van der Waals surface area contributed by atoms with E-state index < -0.39 is 6.04 Å². The number of aromatic nitrogens is 2. The third-order valence-electron chi connectivity index (χ3n) is 4.47. The third-order valence-corrected chi connectivity index (χ3v) is 4.47. The number of urea groups is 1. The number of carbonyl (C=O) groups excluding carboxylic acids is 1. The highest BCUT2D eigenvalue weighted by atomic mass is 16.5. The van der Waals surface area contributed by atoms with Gasteiger partial charge >= 0.3 is 6.03 Å². The van der Waals surface area contributed by atoms with Gasteiger partial charge in [0.05, 0.1) is 13.2 Å². The third kappa shape index (κ3) is 4.47. The van der Waals surface area contributed by atoms with Crippen LogP contribution >= 0.6 is 0 Å². The first-order valence-electron chi connectivity index (χ1n) is 8.81. The van der Waals surface area contributed by atoms with Crippen LogP contribution in [0, 0.1) is 0 Å². The number of amides is 2. The molecule has 0 spiro atoms. The molecule has 2 N–H and O–H groups in total. The smallest absolute Gasteiger partial charge is 0.316 e. The Kier molecular flexibility index (Phi) is 5.76.